The molecule has 112 valence electrons. The van der Waals surface area contributed by atoms with E-state index in [2.05, 4.69) is 55.3 Å². The maximum absolute atomic E-state index is 3.79. The summed E-state index contributed by atoms with van der Waals surface area (Å²) in [6.45, 7) is 11.3. The van der Waals surface area contributed by atoms with Gasteiger partial charge < -0.3 is 10.2 Å². The molecule has 1 aliphatic carbocycles. The van der Waals surface area contributed by atoms with Gasteiger partial charge in [0, 0.05) is 6.04 Å². The molecule has 1 aromatic carbocycles. The molecular weight excluding hydrogens is 244 g/mol. The van der Waals surface area contributed by atoms with Crippen LogP contribution in [0, 0.1) is 12.8 Å². The Morgan fingerprint density at radius 3 is 2.35 bits per heavy atom. The summed E-state index contributed by atoms with van der Waals surface area (Å²) in [5.74, 6) is 0.867. The van der Waals surface area contributed by atoms with Crippen molar-refractivity contribution in [1.82, 2.24) is 10.2 Å². The van der Waals surface area contributed by atoms with E-state index in [0.29, 0.717) is 6.04 Å². The van der Waals surface area contributed by atoms with Crippen LogP contribution in [0.4, 0.5) is 0 Å². The number of nitrogens with zero attached hydrogens (tertiary/aromatic N) is 1. The number of benzene rings is 1. The lowest BCUT2D eigenvalue weighted by Gasteiger charge is -2.21. The van der Waals surface area contributed by atoms with Crippen molar-refractivity contribution < 1.29 is 0 Å². The average Bonchev–Trinajstić information content (AvgIpc) is 3.29. The largest absolute Gasteiger partial charge is 0.310 e. The molecule has 1 aliphatic rings. The monoisotopic (exact) mass is 274 g/mol. The van der Waals surface area contributed by atoms with Crippen LogP contribution in [0.25, 0.3) is 0 Å². The van der Waals surface area contributed by atoms with Crippen LogP contribution >= 0.6 is 0 Å². The maximum atomic E-state index is 3.79. The minimum Gasteiger partial charge on any atom is -0.310 e. The van der Waals surface area contributed by atoms with E-state index in [1.165, 1.54) is 50.0 Å². The number of hydrogen-bond acceptors (Lipinski definition) is 2. The van der Waals surface area contributed by atoms with Gasteiger partial charge in [0.2, 0.25) is 0 Å². The highest BCUT2D eigenvalue weighted by atomic mass is 15.1. The molecule has 20 heavy (non-hydrogen) atoms. The van der Waals surface area contributed by atoms with Crippen LogP contribution in [-0.2, 0) is 0 Å². The molecular formula is C18H30N2. The molecule has 2 nitrogen and oxygen atoms in total. The van der Waals surface area contributed by atoms with E-state index >= 15 is 0 Å². The number of hydrogen-bond donors (Lipinski definition) is 1. The van der Waals surface area contributed by atoms with Gasteiger partial charge in [-0.15, -0.1) is 0 Å². The molecule has 1 unspecified atom stereocenters. The molecule has 0 radical (unpaired) electrons. The van der Waals surface area contributed by atoms with Crippen molar-refractivity contribution in [3.8, 4) is 0 Å². The number of nitrogens with one attached hydrogen (secondary N) is 1. The van der Waals surface area contributed by atoms with Gasteiger partial charge in [0.1, 0.15) is 0 Å². The van der Waals surface area contributed by atoms with Crippen molar-refractivity contribution in [3.05, 3.63) is 35.4 Å². The van der Waals surface area contributed by atoms with Crippen LogP contribution in [0.15, 0.2) is 24.3 Å². The summed E-state index contributed by atoms with van der Waals surface area (Å²) in [6.07, 6.45) is 4.03. The van der Waals surface area contributed by atoms with E-state index < -0.39 is 0 Å². The zero-order valence-corrected chi connectivity index (χ0v) is 13.4. The smallest absolute Gasteiger partial charge is 0.0348 e. The Bertz CT molecular complexity index is 377. The molecule has 0 bridgehead atoms. The first-order chi connectivity index (χ1) is 9.74. The normalized spacial score (nSPS) is 16.6. The third-order valence-electron chi connectivity index (χ3n) is 4.44. The van der Waals surface area contributed by atoms with E-state index in [1.807, 2.05) is 0 Å². The minimum absolute atomic E-state index is 0.576. The molecule has 1 saturated carbocycles. The highest BCUT2D eigenvalue weighted by Gasteiger charge is 2.31. The van der Waals surface area contributed by atoms with Gasteiger partial charge >= 0.3 is 0 Å². The average molecular weight is 274 g/mol. The second-order valence-corrected chi connectivity index (χ2v) is 6.06. The summed E-state index contributed by atoms with van der Waals surface area (Å²) in [4.78, 5) is 2.50. The Morgan fingerprint density at radius 2 is 1.80 bits per heavy atom. The number of aryl methyl sites for hydroxylation is 1. The molecule has 0 saturated heterocycles. The van der Waals surface area contributed by atoms with Crippen molar-refractivity contribution in [1.29, 1.82) is 0 Å². The summed E-state index contributed by atoms with van der Waals surface area (Å²) in [7, 11) is 0. The van der Waals surface area contributed by atoms with E-state index in [1.54, 1.807) is 0 Å². The highest BCUT2D eigenvalue weighted by Crippen LogP contribution is 2.40. The molecule has 0 aromatic heterocycles. The van der Waals surface area contributed by atoms with E-state index in [0.717, 1.165) is 12.5 Å². The zero-order chi connectivity index (χ0) is 14.4. The van der Waals surface area contributed by atoms with Crippen LogP contribution in [0.1, 0.15) is 50.3 Å². The third-order valence-corrected chi connectivity index (χ3v) is 4.44. The van der Waals surface area contributed by atoms with Crippen LogP contribution in [0.2, 0.25) is 0 Å². The predicted octanol–water partition coefficient (Wildman–Crippen LogP) is 3.77. The van der Waals surface area contributed by atoms with Gasteiger partial charge in [-0.3, -0.25) is 0 Å². The maximum Gasteiger partial charge on any atom is 0.0348 e. The van der Waals surface area contributed by atoms with Gasteiger partial charge in [0.15, 0.2) is 0 Å². The minimum atomic E-state index is 0.576. The first-order valence-corrected chi connectivity index (χ1v) is 8.26. The van der Waals surface area contributed by atoms with E-state index in [4.69, 9.17) is 0 Å². The summed E-state index contributed by atoms with van der Waals surface area (Å²) < 4.78 is 0. The zero-order valence-electron chi connectivity index (χ0n) is 13.4. The molecule has 0 aliphatic heterocycles. The molecule has 0 amide bonds. The fraction of sp³-hybridized carbons (Fsp3) is 0.667. The van der Waals surface area contributed by atoms with Gasteiger partial charge in [0.05, 0.1) is 0 Å². The molecule has 1 N–H and O–H groups in total. The summed E-state index contributed by atoms with van der Waals surface area (Å²) in [5.41, 5.74) is 2.82. The van der Waals surface area contributed by atoms with Crippen LogP contribution in [0.3, 0.4) is 0 Å². The van der Waals surface area contributed by atoms with Gasteiger partial charge in [-0.2, -0.15) is 0 Å². The second kappa shape index (κ2) is 7.80. The van der Waals surface area contributed by atoms with Gasteiger partial charge in [-0.1, -0.05) is 43.7 Å². The van der Waals surface area contributed by atoms with Crippen molar-refractivity contribution >= 4 is 0 Å². The molecule has 2 rings (SSSR count). The van der Waals surface area contributed by atoms with Gasteiger partial charge in [-0.25, -0.2) is 0 Å². The fourth-order valence-corrected chi connectivity index (χ4v) is 2.86. The fourth-order valence-electron chi connectivity index (χ4n) is 2.86. The lowest BCUT2D eigenvalue weighted by molar-refractivity contribution is 0.294. The quantitative estimate of drug-likeness (QED) is 0.690. The summed E-state index contributed by atoms with van der Waals surface area (Å²) >= 11 is 0. The van der Waals surface area contributed by atoms with Crippen molar-refractivity contribution in [3.63, 3.8) is 0 Å². The standard InChI is InChI=1S/C18H30N2/c1-4-20(5-2)14-6-13-19-18(17-11-12-17)16-9-7-15(3)8-10-16/h7-10,17-19H,4-6,11-14H2,1-3H3. The van der Waals surface area contributed by atoms with Crippen molar-refractivity contribution in [2.24, 2.45) is 5.92 Å². The molecule has 1 aromatic rings. The van der Waals surface area contributed by atoms with E-state index in [9.17, 15) is 0 Å². The van der Waals surface area contributed by atoms with Gasteiger partial charge in [-0.05, 0) is 63.8 Å². The Balaban J connectivity index is 1.80. The highest BCUT2D eigenvalue weighted by molar-refractivity contribution is 5.25. The Hall–Kier alpha value is -0.860. The van der Waals surface area contributed by atoms with Crippen LogP contribution in [0.5, 0.6) is 0 Å². The first kappa shape index (κ1) is 15.5. The molecule has 0 heterocycles. The Morgan fingerprint density at radius 1 is 1.15 bits per heavy atom. The summed E-state index contributed by atoms with van der Waals surface area (Å²) in [5, 5.41) is 3.79. The van der Waals surface area contributed by atoms with E-state index in [-0.39, 0.29) is 0 Å². The van der Waals surface area contributed by atoms with Gasteiger partial charge in [0.25, 0.3) is 0 Å². The second-order valence-electron chi connectivity index (χ2n) is 6.06. The Kier molecular flexibility index (Phi) is 6.06. The third kappa shape index (κ3) is 4.60. The predicted molar refractivity (Wildman–Crippen MR) is 87.1 cm³/mol. The molecule has 2 heteroatoms. The molecule has 1 fully saturated rings. The first-order valence-electron chi connectivity index (χ1n) is 8.26. The summed E-state index contributed by atoms with van der Waals surface area (Å²) in [6, 6.07) is 9.66. The molecule has 1 atom stereocenters. The topological polar surface area (TPSA) is 15.3 Å². The Labute approximate surface area is 124 Å². The SMILES string of the molecule is CCN(CC)CCCNC(c1ccc(C)cc1)C1CC1. The van der Waals surface area contributed by atoms with Crippen LogP contribution < -0.4 is 5.32 Å². The van der Waals surface area contributed by atoms with Crippen molar-refractivity contribution in [2.75, 3.05) is 26.2 Å². The van der Waals surface area contributed by atoms with Crippen molar-refractivity contribution in [2.45, 2.75) is 46.1 Å². The lowest BCUT2D eigenvalue weighted by Crippen LogP contribution is -2.29. The molecule has 0 spiro atoms. The van der Waals surface area contributed by atoms with Crippen LogP contribution in [-0.4, -0.2) is 31.1 Å². The lowest BCUT2D eigenvalue weighted by atomic mass is 10.0. The number of rotatable bonds is 9.